The molecular weight excluding hydrogens is 232 g/mol. The van der Waals surface area contributed by atoms with Crippen molar-refractivity contribution in [3.05, 3.63) is 51.4 Å². The molecule has 0 saturated carbocycles. The number of carboxylic acids is 1. The zero-order valence-electron chi connectivity index (χ0n) is 7.98. The molecule has 0 bridgehead atoms. The van der Waals surface area contributed by atoms with Crippen LogP contribution in [0.1, 0.15) is 10.4 Å². The van der Waals surface area contributed by atoms with Gasteiger partial charge in [-0.2, -0.15) is 0 Å². The van der Waals surface area contributed by atoms with Crippen LogP contribution >= 0.6 is 11.6 Å². The molecule has 6 heteroatoms. The van der Waals surface area contributed by atoms with E-state index in [2.05, 4.69) is 5.10 Å². The highest BCUT2D eigenvalue weighted by atomic mass is 35.5. The first-order valence-corrected chi connectivity index (χ1v) is 4.77. The van der Waals surface area contributed by atoms with Crippen molar-refractivity contribution in [1.29, 1.82) is 0 Å². The molecule has 0 fully saturated rings. The Balaban J connectivity index is 2.53. The summed E-state index contributed by atoms with van der Waals surface area (Å²) in [5, 5.41) is 11.8. The van der Waals surface area contributed by atoms with Crippen LogP contribution in [0.15, 0.2) is 35.3 Å². The van der Waals surface area contributed by atoms with E-state index in [0.717, 1.165) is 10.9 Å². The largest absolute Gasteiger partial charge is 0.477 e. The molecule has 0 amide bonds. The first-order chi connectivity index (χ1) is 7.59. The average Bonchev–Trinajstić information content (AvgIpc) is 2.61. The number of halogens is 1. The lowest BCUT2D eigenvalue weighted by atomic mass is 10.3. The van der Waals surface area contributed by atoms with Gasteiger partial charge in [0.15, 0.2) is 0 Å². The van der Waals surface area contributed by atoms with Gasteiger partial charge in [-0.05, 0) is 24.3 Å². The van der Waals surface area contributed by atoms with Gasteiger partial charge in [-0.15, -0.1) is 0 Å². The topological polar surface area (TPSA) is 75.1 Å². The highest BCUT2D eigenvalue weighted by molar-refractivity contribution is 6.30. The van der Waals surface area contributed by atoms with Gasteiger partial charge in [-0.3, -0.25) is 9.89 Å². The lowest BCUT2D eigenvalue weighted by Crippen LogP contribution is -2.19. The molecule has 0 aliphatic carbocycles. The SMILES string of the molecule is O=C(O)c1c[nH]n(-c2ccc(Cl)cc2)c1=O. The van der Waals surface area contributed by atoms with Crippen molar-refractivity contribution < 1.29 is 9.90 Å². The summed E-state index contributed by atoms with van der Waals surface area (Å²) in [6, 6.07) is 6.47. The van der Waals surface area contributed by atoms with Gasteiger partial charge in [-0.25, -0.2) is 9.48 Å². The van der Waals surface area contributed by atoms with Gasteiger partial charge < -0.3 is 5.11 Å². The summed E-state index contributed by atoms with van der Waals surface area (Å²) in [4.78, 5) is 22.3. The Kier molecular flexibility index (Phi) is 2.54. The van der Waals surface area contributed by atoms with Gasteiger partial charge in [0, 0.05) is 11.2 Å². The van der Waals surface area contributed by atoms with Crippen molar-refractivity contribution in [3.63, 3.8) is 0 Å². The van der Waals surface area contributed by atoms with E-state index in [1.165, 1.54) is 0 Å². The van der Waals surface area contributed by atoms with E-state index >= 15 is 0 Å². The smallest absolute Gasteiger partial charge is 0.342 e. The van der Waals surface area contributed by atoms with Crippen LogP contribution in [0.5, 0.6) is 0 Å². The number of hydrogen-bond donors (Lipinski definition) is 2. The highest BCUT2D eigenvalue weighted by Crippen LogP contribution is 2.11. The average molecular weight is 239 g/mol. The van der Waals surface area contributed by atoms with E-state index in [-0.39, 0.29) is 5.56 Å². The van der Waals surface area contributed by atoms with Crippen molar-refractivity contribution in [1.82, 2.24) is 9.78 Å². The molecule has 0 aliphatic rings. The third kappa shape index (κ3) is 1.72. The van der Waals surface area contributed by atoms with Gasteiger partial charge >= 0.3 is 5.97 Å². The number of nitrogens with zero attached hydrogens (tertiary/aromatic N) is 1. The highest BCUT2D eigenvalue weighted by Gasteiger charge is 2.13. The van der Waals surface area contributed by atoms with Gasteiger partial charge in [0.05, 0.1) is 5.69 Å². The maximum absolute atomic E-state index is 11.6. The van der Waals surface area contributed by atoms with Gasteiger partial charge in [0.1, 0.15) is 5.56 Å². The Labute approximate surface area is 94.9 Å². The summed E-state index contributed by atoms with van der Waals surface area (Å²) in [5.74, 6) is -1.26. The maximum Gasteiger partial charge on any atom is 0.342 e. The lowest BCUT2D eigenvalue weighted by molar-refractivity contribution is 0.0695. The van der Waals surface area contributed by atoms with Gasteiger partial charge in [0.25, 0.3) is 5.56 Å². The predicted octanol–water partition coefficient (Wildman–Crippen LogP) is 1.52. The minimum Gasteiger partial charge on any atom is -0.477 e. The minimum atomic E-state index is -1.26. The normalized spacial score (nSPS) is 10.3. The van der Waals surface area contributed by atoms with Crippen LogP contribution in [0.25, 0.3) is 5.69 Å². The molecule has 0 aliphatic heterocycles. The van der Waals surface area contributed by atoms with Gasteiger partial charge in [-0.1, -0.05) is 11.6 Å². The van der Waals surface area contributed by atoms with Gasteiger partial charge in [0.2, 0.25) is 0 Å². The Hall–Kier alpha value is -2.01. The third-order valence-electron chi connectivity index (χ3n) is 2.09. The Morgan fingerprint density at radius 2 is 1.94 bits per heavy atom. The second-order valence-electron chi connectivity index (χ2n) is 3.11. The number of carbonyl (C=O) groups is 1. The summed E-state index contributed by atoms with van der Waals surface area (Å²) in [6.45, 7) is 0. The van der Waals surface area contributed by atoms with Crippen LogP contribution in [0, 0.1) is 0 Å². The number of aromatic carboxylic acids is 1. The number of aromatic amines is 1. The molecule has 5 nitrogen and oxygen atoms in total. The lowest BCUT2D eigenvalue weighted by Gasteiger charge is -2.00. The fraction of sp³-hybridized carbons (Fsp3) is 0. The molecular formula is C10H7ClN2O3. The van der Waals surface area contributed by atoms with E-state index in [1.807, 2.05) is 0 Å². The first-order valence-electron chi connectivity index (χ1n) is 4.39. The van der Waals surface area contributed by atoms with Crippen LogP contribution in [0.4, 0.5) is 0 Å². The number of hydrogen-bond acceptors (Lipinski definition) is 2. The van der Waals surface area contributed by atoms with E-state index in [1.54, 1.807) is 24.3 Å². The molecule has 2 aromatic rings. The molecule has 0 atom stereocenters. The summed E-state index contributed by atoms with van der Waals surface area (Å²) in [7, 11) is 0. The summed E-state index contributed by atoms with van der Waals surface area (Å²) < 4.78 is 1.14. The molecule has 2 rings (SSSR count). The molecule has 0 spiro atoms. The van der Waals surface area contributed by atoms with Crippen molar-refractivity contribution >= 4 is 17.6 Å². The second-order valence-corrected chi connectivity index (χ2v) is 3.55. The summed E-state index contributed by atoms with van der Waals surface area (Å²) in [5.41, 5.74) is -0.369. The van der Waals surface area contributed by atoms with E-state index in [4.69, 9.17) is 16.7 Å². The second kappa shape index (κ2) is 3.86. The van der Waals surface area contributed by atoms with Crippen LogP contribution < -0.4 is 5.56 Å². The monoisotopic (exact) mass is 238 g/mol. The molecule has 16 heavy (non-hydrogen) atoms. The molecule has 0 radical (unpaired) electrons. The zero-order chi connectivity index (χ0) is 11.7. The zero-order valence-corrected chi connectivity index (χ0v) is 8.73. The molecule has 1 aromatic heterocycles. The Morgan fingerprint density at radius 3 is 2.44 bits per heavy atom. The van der Waals surface area contributed by atoms with Crippen molar-refractivity contribution in [3.8, 4) is 5.69 Å². The third-order valence-corrected chi connectivity index (χ3v) is 2.34. The maximum atomic E-state index is 11.6. The molecule has 2 N–H and O–H groups in total. The predicted molar refractivity (Wildman–Crippen MR) is 58.4 cm³/mol. The molecule has 1 aromatic carbocycles. The number of H-pyrrole nitrogens is 1. The Bertz CT molecular complexity index is 583. The first kappa shape index (κ1) is 10.5. The number of carboxylic acid groups (broad SMARTS) is 1. The summed E-state index contributed by atoms with van der Waals surface area (Å²) >= 11 is 5.70. The minimum absolute atomic E-state index is 0.296. The van der Waals surface area contributed by atoms with Crippen molar-refractivity contribution in [2.75, 3.05) is 0 Å². The number of aromatic nitrogens is 2. The standard InChI is InChI=1S/C10H7ClN2O3/c11-6-1-3-7(4-2-6)13-9(14)8(5-12-13)10(15)16/h1-5,12H,(H,15,16). The van der Waals surface area contributed by atoms with Crippen LogP contribution in [-0.4, -0.2) is 20.9 Å². The van der Waals surface area contributed by atoms with E-state index in [0.29, 0.717) is 10.7 Å². The molecule has 1 heterocycles. The van der Waals surface area contributed by atoms with Crippen LogP contribution in [-0.2, 0) is 0 Å². The number of rotatable bonds is 2. The number of nitrogens with one attached hydrogen (secondary N) is 1. The summed E-state index contributed by atoms with van der Waals surface area (Å²) in [6.07, 6.45) is 1.15. The van der Waals surface area contributed by atoms with Crippen LogP contribution in [0.2, 0.25) is 5.02 Å². The van der Waals surface area contributed by atoms with Crippen LogP contribution in [0.3, 0.4) is 0 Å². The molecule has 0 unspecified atom stereocenters. The fourth-order valence-electron chi connectivity index (χ4n) is 1.31. The molecule has 0 saturated heterocycles. The van der Waals surface area contributed by atoms with E-state index < -0.39 is 11.5 Å². The van der Waals surface area contributed by atoms with E-state index in [9.17, 15) is 9.59 Å². The quantitative estimate of drug-likeness (QED) is 0.833. The van der Waals surface area contributed by atoms with Crippen molar-refractivity contribution in [2.45, 2.75) is 0 Å². The molecule has 82 valence electrons. The Morgan fingerprint density at radius 1 is 1.31 bits per heavy atom. The van der Waals surface area contributed by atoms with Crippen molar-refractivity contribution in [2.24, 2.45) is 0 Å². The fourth-order valence-corrected chi connectivity index (χ4v) is 1.43. The number of benzene rings is 1.